The third-order valence-electron chi connectivity index (χ3n) is 11.0. The van der Waals surface area contributed by atoms with E-state index in [-0.39, 0.29) is 0 Å². The molecular weight excluding hydrogens is 669 g/mol. The van der Waals surface area contributed by atoms with Crippen LogP contribution in [0.2, 0.25) is 0 Å². The van der Waals surface area contributed by atoms with Crippen LogP contribution >= 0.6 is 0 Å². The lowest BCUT2D eigenvalue weighted by atomic mass is 9.95. The monoisotopic (exact) mass is 702 g/mol. The van der Waals surface area contributed by atoms with Crippen molar-refractivity contribution < 1.29 is 4.42 Å². The maximum atomic E-state index is 6.45. The fraction of sp³-hybridized carbons (Fsp3) is 0. The van der Waals surface area contributed by atoms with Gasteiger partial charge in [0.1, 0.15) is 11.2 Å². The van der Waals surface area contributed by atoms with Gasteiger partial charge in [0.15, 0.2) is 0 Å². The minimum atomic E-state index is 0.863. The van der Waals surface area contributed by atoms with Gasteiger partial charge in [0.05, 0.1) is 27.8 Å². The van der Waals surface area contributed by atoms with E-state index < -0.39 is 0 Å². The van der Waals surface area contributed by atoms with E-state index in [0.29, 0.717) is 0 Å². The molecule has 0 bridgehead atoms. The summed E-state index contributed by atoms with van der Waals surface area (Å²) in [6.07, 6.45) is 0. The van der Waals surface area contributed by atoms with Crippen molar-refractivity contribution in [1.82, 2.24) is 4.57 Å². The Morgan fingerprint density at radius 3 is 1.71 bits per heavy atom. The molecule has 9 aromatic carbocycles. The maximum absolute atomic E-state index is 6.45. The first-order chi connectivity index (χ1) is 27.3. The zero-order valence-corrected chi connectivity index (χ0v) is 29.9. The average Bonchev–Trinajstić information content (AvgIpc) is 3.80. The van der Waals surface area contributed by atoms with Crippen molar-refractivity contribution in [3.8, 4) is 27.9 Å². The van der Waals surface area contributed by atoms with E-state index in [4.69, 9.17) is 4.42 Å². The van der Waals surface area contributed by atoms with Gasteiger partial charge in [-0.3, -0.25) is 0 Å². The quantitative estimate of drug-likeness (QED) is 0.172. The molecule has 11 rings (SSSR count). The van der Waals surface area contributed by atoms with Gasteiger partial charge in [-0.25, -0.2) is 0 Å². The third kappa shape index (κ3) is 5.05. The number of aromatic nitrogens is 1. The van der Waals surface area contributed by atoms with Crippen LogP contribution in [-0.2, 0) is 0 Å². The minimum absolute atomic E-state index is 0.863. The standard InChI is InChI=1S/C52H34N2O/c1-2-15-35(16-3-1)37-18-12-20-39(33-37)53(47-28-14-30-50-52(47)44-25-8-11-29-49(44)55-50)40-21-13-19-38(34-40)51-41-22-5-4-17-36(41)31-32-48(51)54-45-26-9-6-23-42(45)43-24-7-10-27-46(43)54/h1-34H. The van der Waals surface area contributed by atoms with E-state index in [1.54, 1.807) is 0 Å². The van der Waals surface area contributed by atoms with Gasteiger partial charge in [0.2, 0.25) is 0 Å². The first kappa shape index (κ1) is 31.2. The molecule has 2 heterocycles. The summed E-state index contributed by atoms with van der Waals surface area (Å²) in [5.41, 5.74) is 13.1. The highest BCUT2D eigenvalue weighted by Crippen LogP contribution is 2.46. The van der Waals surface area contributed by atoms with Crippen LogP contribution in [0.1, 0.15) is 0 Å². The molecule has 55 heavy (non-hydrogen) atoms. The second-order valence-corrected chi connectivity index (χ2v) is 14.1. The van der Waals surface area contributed by atoms with E-state index in [1.165, 1.54) is 43.7 Å². The number of hydrogen-bond donors (Lipinski definition) is 0. The molecule has 0 unspecified atom stereocenters. The normalized spacial score (nSPS) is 11.6. The largest absolute Gasteiger partial charge is 0.456 e. The van der Waals surface area contributed by atoms with Crippen LogP contribution < -0.4 is 4.90 Å². The first-order valence-corrected chi connectivity index (χ1v) is 18.8. The van der Waals surface area contributed by atoms with Crippen LogP contribution in [0.25, 0.3) is 82.5 Å². The van der Waals surface area contributed by atoms with Crippen molar-refractivity contribution in [3.05, 3.63) is 206 Å². The molecule has 258 valence electrons. The van der Waals surface area contributed by atoms with Crippen molar-refractivity contribution in [1.29, 1.82) is 0 Å². The molecule has 0 atom stereocenters. The van der Waals surface area contributed by atoms with Crippen LogP contribution in [-0.4, -0.2) is 4.57 Å². The van der Waals surface area contributed by atoms with E-state index in [2.05, 4.69) is 210 Å². The van der Waals surface area contributed by atoms with Crippen molar-refractivity contribution in [2.75, 3.05) is 4.90 Å². The summed E-state index contributed by atoms with van der Waals surface area (Å²) in [7, 11) is 0. The van der Waals surface area contributed by atoms with E-state index in [0.717, 1.165) is 55.8 Å². The fourth-order valence-corrected chi connectivity index (χ4v) is 8.56. The molecule has 0 aliphatic carbocycles. The molecule has 0 aliphatic heterocycles. The molecule has 3 heteroatoms. The molecular formula is C52H34N2O. The van der Waals surface area contributed by atoms with Gasteiger partial charge in [0.25, 0.3) is 0 Å². The average molecular weight is 703 g/mol. The van der Waals surface area contributed by atoms with E-state index in [9.17, 15) is 0 Å². The molecule has 0 fully saturated rings. The highest BCUT2D eigenvalue weighted by molar-refractivity contribution is 6.14. The minimum Gasteiger partial charge on any atom is -0.456 e. The third-order valence-corrected chi connectivity index (χ3v) is 11.0. The van der Waals surface area contributed by atoms with Gasteiger partial charge in [-0.05, 0) is 88.1 Å². The number of benzene rings is 9. The smallest absolute Gasteiger partial charge is 0.137 e. The summed E-state index contributed by atoms with van der Waals surface area (Å²) in [6, 6.07) is 74.0. The predicted octanol–water partition coefficient (Wildman–Crippen LogP) is 14.6. The number of para-hydroxylation sites is 3. The molecule has 0 amide bonds. The Morgan fingerprint density at radius 1 is 0.382 bits per heavy atom. The number of nitrogens with zero attached hydrogens (tertiary/aromatic N) is 2. The Bertz CT molecular complexity index is 3170. The van der Waals surface area contributed by atoms with Crippen LogP contribution in [0.5, 0.6) is 0 Å². The number of fused-ring (bicyclic) bond motifs is 7. The molecule has 0 aliphatic rings. The van der Waals surface area contributed by atoms with Crippen molar-refractivity contribution in [2.24, 2.45) is 0 Å². The van der Waals surface area contributed by atoms with Crippen molar-refractivity contribution in [3.63, 3.8) is 0 Å². The van der Waals surface area contributed by atoms with Gasteiger partial charge in [-0.15, -0.1) is 0 Å². The fourth-order valence-electron chi connectivity index (χ4n) is 8.56. The zero-order valence-electron chi connectivity index (χ0n) is 29.9. The van der Waals surface area contributed by atoms with Crippen LogP contribution in [0.15, 0.2) is 211 Å². The molecule has 2 aromatic heterocycles. The topological polar surface area (TPSA) is 21.3 Å². The van der Waals surface area contributed by atoms with Crippen LogP contribution in [0.3, 0.4) is 0 Å². The Labute approximate surface area is 318 Å². The Hall–Kier alpha value is -7.36. The lowest BCUT2D eigenvalue weighted by molar-refractivity contribution is 0.669. The Kier molecular flexibility index (Phi) is 7.17. The second-order valence-electron chi connectivity index (χ2n) is 14.1. The van der Waals surface area contributed by atoms with E-state index >= 15 is 0 Å². The molecule has 11 aromatic rings. The lowest BCUT2D eigenvalue weighted by Gasteiger charge is -2.27. The summed E-state index contributed by atoms with van der Waals surface area (Å²) in [5, 5.41) is 7.08. The summed E-state index contributed by atoms with van der Waals surface area (Å²) in [6.45, 7) is 0. The highest BCUT2D eigenvalue weighted by atomic mass is 16.3. The predicted molar refractivity (Wildman–Crippen MR) is 231 cm³/mol. The first-order valence-electron chi connectivity index (χ1n) is 18.8. The Morgan fingerprint density at radius 2 is 0.945 bits per heavy atom. The Balaban J connectivity index is 1.19. The molecule has 0 N–H and O–H groups in total. The van der Waals surface area contributed by atoms with Gasteiger partial charge >= 0.3 is 0 Å². The second kappa shape index (κ2) is 12.6. The summed E-state index contributed by atoms with van der Waals surface area (Å²) >= 11 is 0. The van der Waals surface area contributed by atoms with Crippen LogP contribution in [0.4, 0.5) is 17.1 Å². The molecule has 0 saturated heterocycles. The van der Waals surface area contributed by atoms with Crippen molar-refractivity contribution >= 4 is 71.6 Å². The highest BCUT2D eigenvalue weighted by Gasteiger charge is 2.22. The zero-order chi connectivity index (χ0) is 36.3. The number of hydrogen-bond acceptors (Lipinski definition) is 2. The van der Waals surface area contributed by atoms with Gasteiger partial charge in [-0.2, -0.15) is 0 Å². The summed E-state index contributed by atoms with van der Waals surface area (Å²) < 4.78 is 8.89. The SMILES string of the molecule is c1ccc(-c2cccc(N(c3cccc(-c4c(-n5c6ccccc6c6ccccc65)ccc5ccccc45)c3)c3cccc4oc5ccccc5c34)c2)cc1. The van der Waals surface area contributed by atoms with Gasteiger partial charge in [-0.1, -0.05) is 146 Å². The summed E-state index contributed by atoms with van der Waals surface area (Å²) in [4.78, 5) is 2.39. The number of furan rings is 1. The van der Waals surface area contributed by atoms with E-state index in [1.807, 2.05) is 6.07 Å². The lowest BCUT2D eigenvalue weighted by Crippen LogP contribution is -2.10. The van der Waals surface area contributed by atoms with Gasteiger partial charge in [0, 0.05) is 33.1 Å². The molecule has 0 saturated carbocycles. The molecule has 0 radical (unpaired) electrons. The van der Waals surface area contributed by atoms with Gasteiger partial charge < -0.3 is 13.9 Å². The number of rotatable bonds is 6. The summed E-state index contributed by atoms with van der Waals surface area (Å²) in [5.74, 6) is 0. The van der Waals surface area contributed by atoms with Crippen LogP contribution in [0, 0.1) is 0 Å². The molecule has 0 spiro atoms. The number of anilines is 3. The molecule has 3 nitrogen and oxygen atoms in total. The maximum Gasteiger partial charge on any atom is 0.137 e. The van der Waals surface area contributed by atoms with Crippen molar-refractivity contribution in [2.45, 2.75) is 0 Å².